The van der Waals surface area contributed by atoms with Crippen molar-refractivity contribution in [3.8, 4) is 5.75 Å². The van der Waals surface area contributed by atoms with Crippen LogP contribution in [0.15, 0.2) is 48.5 Å². The Hall–Kier alpha value is -2.07. The van der Waals surface area contributed by atoms with Gasteiger partial charge in [0.05, 0.1) is 0 Å². The zero-order chi connectivity index (χ0) is 15.1. The summed E-state index contributed by atoms with van der Waals surface area (Å²) in [6.45, 7) is 0.372. The predicted molar refractivity (Wildman–Crippen MR) is 80.1 cm³/mol. The number of carbonyl (C=O) groups is 1. The van der Waals surface area contributed by atoms with E-state index in [0.717, 1.165) is 5.56 Å². The fourth-order valence-corrected chi connectivity index (χ4v) is 1.90. The van der Waals surface area contributed by atoms with Crippen LogP contribution >= 0.6 is 11.6 Å². The molecule has 0 radical (unpaired) electrons. The van der Waals surface area contributed by atoms with Crippen LogP contribution < -0.4 is 10.1 Å². The van der Waals surface area contributed by atoms with E-state index < -0.39 is 0 Å². The summed E-state index contributed by atoms with van der Waals surface area (Å²) in [7, 11) is 0. The van der Waals surface area contributed by atoms with Crippen LogP contribution in [0.3, 0.4) is 0 Å². The summed E-state index contributed by atoms with van der Waals surface area (Å²) < 4.78 is 18.3. The third-order valence-corrected chi connectivity index (χ3v) is 3.06. The number of nitrogens with one attached hydrogen (secondary N) is 1. The first-order chi connectivity index (χ1) is 10.1. The highest BCUT2D eigenvalue weighted by atomic mass is 35.5. The van der Waals surface area contributed by atoms with Crippen molar-refractivity contribution in [1.82, 2.24) is 5.32 Å². The molecule has 0 saturated heterocycles. The van der Waals surface area contributed by atoms with Crippen molar-refractivity contribution >= 4 is 17.5 Å². The van der Waals surface area contributed by atoms with E-state index in [-0.39, 0.29) is 18.3 Å². The largest absolute Gasteiger partial charge is 0.484 e. The van der Waals surface area contributed by atoms with Crippen molar-refractivity contribution in [2.75, 3.05) is 13.2 Å². The van der Waals surface area contributed by atoms with Gasteiger partial charge in [-0.3, -0.25) is 4.79 Å². The number of ether oxygens (including phenoxy) is 1. The van der Waals surface area contributed by atoms with E-state index in [1.165, 1.54) is 12.1 Å². The number of benzene rings is 2. The normalized spacial score (nSPS) is 10.2. The highest BCUT2D eigenvalue weighted by molar-refractivity contribution is 6.30. The van der Waals surface area contributed by atoms with Gasteiger partial charge >= 0.3 is 0 Å². The van der Waals surface area contributed by atoms with Crippen molar-refractivity contribution < 1.29 is 13.9 Å². The summed E-state index contributed by atoms with van der Waals surface area (Å²) in [5, 5.41) is 3.33. The molecule has 21 heavy (non-hydrogen) atoms. The number of hydrogen-bond acceptors (Lipinski definition) is 2. The van der Waals surface area contributed by atoms with Gasteiger partial charge in [-0.05, 0) is 48.4 Å². The van der Waals surface area contributed by atoms with Crippen molar-refractivity contribution in [3.63, 3.8) is 0 Å². The van der Waals surface area contributed by atoms with Crippen LogP contribution in [0.4, 0.5) is 4.39 Å². The van der Waals surface area contributed by atoms with E-state index in [4.69, 9.17) is 16.3 Å². The molecule has 2 rings (SSSR count). The average molecular weight is 308 g/mol. The molecule has 0 aliphatic carbocycles. The second kappa shape index (κ2) is 7.64. The van der Waals surface area contributed by atoms with Crippen LogP contribution in [-0.4, -0.2) is 19.1 Å². The molecule has 2 aromatic rings. The Balaban J connectivity index is 1.69. The van der Waals surface area contributed by atoms with Gasteiger partial charge < -0.3 is 10.1 Å². The van der Waals surface area contributed by atoms with E-state index in [2.05, 4.69) is 5.32 Å². The Bertz CT molecular complexity index is 601. The number of halogens is 2. The topological polar surface area (TPSA) is 38.3 Å². The molecule has 0 atom stereocenters. The molecule has 1 N–H and O–H groups in total. The van der Waals surface area contributed by atoms with Crippen molar-refractivity contribution in [3.05, 3.63) is 64.9 Å². The summed E-state index contributed by atoms with van der Waals surface area (Å²) in [6.07, 6.45) is 0.574. The minimum atomic E-state index is -0.273. The fourth-order valence-electron chi connectivity index (χ4n) is 1.77. The van der Waals surface area contributed by atoms with E-state index in [1.807, 2.05) is 6.07 Å². The first-order valence-electron chi connectivity index (χ1n) is 6.53. The van der Waals surface area contributed by atoms with Gasteiger partial charge in [-0.15, -0.1) is 0 Å². The number of rotatable bonds is 6. The Morgan fingerprint density at radius 1 is 1.19 bits per heavy atom. The van der Waals surface area contributed by atoms with Gasteiger partial charge in [-0.1, -0.05) is 23.7 Å². The molecule has 0 aromatic heterocycles. The highest BCUT2D eigenvalue weighted by Gasteiger charge is 2.03. The lowest BCUT2D eigenvalue weighted by Crippen LogP contribution is -2.30. The highest BCUT2D eigenvalue weighted by Crippen LogP contribution is 2.15. The maximum Gasteiger partial charge on any atom is 0.257 e. The lowest BCUT2D eigenvalue weighted by Gasteiger charge is -2.07. The van der Waals surface area contributed by atoms with Gasteiger partial charge in [0.2, 0.25) is 0 Å². The van der Waals surface area contributed by atoms with Gasteiger partial charge in [-0.25, -0.2) is 4.39 Å². The molecule has 2 aromatic carbocycles. The first-order valence-corrected chi connectivity index (χ1v) is 6.91. The minimum Gasteiger partial charge on any atom is -0.484 e. The van der Waals surface area contributed by atoms with Gasteiger partial charge in [0.25, 0.3) is 5.91 Å². The standard InChI is InChI=1S/C16H15ClFNO2/c17-13-4-6-15(7-5-13)21-11-16(20)19-9-8-12-2-1-3-14(18)10-12/h1-7,10H,8-9,11H2,(H,19,20). The molecule has 0 unspecified atom stereocenters. The molecule has 0 aliphatic heterocycles. The van der Waals surface area contributed by atoms with Gasteiger partial charge in [-0.2, -0.15) is 0 Å². The van der Waals surface area contributed by atoms with Crippen LogP contribution in [-0.2, 0) is 11.2 Å². The second-order valence-corrected chi connectivity index (χ2v) is 4.91. The Labute approximate surface area is 127 Å². The quantitative estimate of drug-likeness (QED) is 0.890. The Kier molecular flexibility index (Phi) is 5.58. The SMILES string of the molecule is O=C(COc1ccc(Cl)cc1)NCCc1cccc(F)c1. The van der Waals surface area contributed by atoms with Crippen LogP contribution in [0, 0.1) is 5.82 Å². The average Bonchev–Trinajstić information content (AvgIpc) is 2.47. The maximum absolute atomic E-state index is 13.0. The number of hydrogen-bond donors (Lipinski definition) is 1. The lowest BCUT2D eigenvalue weighted by atomic mass is 10.1. The zero-order valence-corrected chi connectivity index (χ0v) is 12.1. The minimum absolute atomic E-state index is 0.0647. The van der Waals surface area contributed by atoms with Crippen molar-refractivity contribution in [1.29, 1.82) is 0 Å². The van der Waals surface area contributed by atoms with E-state index >= 15 is 0 Å². The molecule has 5 heteroatoms. The smallest absolute Gasteiger partial charge is 0.257 e. The van der Waals surface area contributed by atoms with Crippen LogP contribution in [0.1, 0.15) is 5.56 Å². The summed E-state index contributed by atoms with van der Waals surface area (Å²) in [4.78, 5) is 11.6. The molecule has 0 saturated carbocycles. The molecule has 0 aliphatic rings. The van der Waals surface area contributed by atoms with E-state index in [0.29, 0.717) is 23.7 Å². The van der Waals surface area contributed by atoms with Crippen molar-refractivity contribution in [2.24, 2.45) is 0 Å². The number of amides is 1. The third kappa shape index (κ3) is 5.44. The van der Waals surface area contributed by atoms with Gasteiger partial charge in [0.1, 0.15) is 11.6 Å². The number of carbonyl (C=O) groups excluding carboxylic acids is 1. The molecule has 3 nitrogen and oxygen atoms in total. The summed E-state index contributed by atoms with van der Waals surface area (Å²) in [5.41, 5.74) is 0.842. The molecule has 0 heterocycles. The molecular weight excluding hydrogens is 293 g/mol. The van der Waals surface area contributed by atoms with E-state index in [9.17, 15) is 9.18 Å². The summed E-state index contributed by atoms with van der Waals surface area (Å²) in [6, 6.07) is 13.1. The summed E-state index contributed by atoms with van der Waals surface area (Å²) >= 11 is 5.75. The molecule has 110 valence electrons. The van der Waals surface area contributed by atoms with E-state index in [1.54, 1.807) is 30.3 Å². The Morgan fingerprint density at radius 3 is 2.67 bits per heavy atom. The lowest BCUT2D eigenvalue weighted by molar-refractivity contribution is -0.123. The monoisotopic (exact) mass is 307 g/mol. The maximum atomic E-state index is 13.0. The van der Waals surface area contributed by atoms with Gasteiger partial charge in [0.15, 0.2) is 6.61 Å². The van der Waals surface area contributed by atoms with Crippen LogP contribution in [0.2, 0.25) is 5.02 Å². The van der Waals surface area contributed by atoms with Crippen LogP contribution in [0.5, 0.6) is 5.75 Å². The molecule has 1 amide bonds. The Morgan fingerprint density at radius 2 is 1.95 bits per heavy atom. The zero-order valence-electron chi connectivity index (χ0n) is 11.3. The summed E-state index contributed by atoms with van der Waals surface area (Å²) in [5.74, 6) is 0.0888. The first kappa shape index (κ1) is 15.3. The molecule has 0 fully saturated rings. The van der Waals surface area contributed by atoms with Gasteiger partial charge in [0, 0.05) is 11.6 Å². The second-order valence-electron chi connectivity index (χ2n) is 4.47. The third-order valence-electron chi connectivity index (χ3n) is 2.81. The molecular formula is C16H15ClFNO2. The van der Waals surface area contributed by atoms with Crippen molar-refractivity contribution in [2.45, 2.75) is 6.42 Å². The molecule has 0 spiro atoms. The fraction of sp³-hybridized carbons (Fsp3) is 0.188. The molecule has 0 bridgehead atoms. The van der Waals surface area contributed by atoms with Crippen LogP contribution in [0.25, 0.3) is 0 Å². The predicted octanol–water partition coefficient (Wildman–Crippen LogP) is 3.22.